The zero-order valence-corrected chi connectivity index (χ0v) is 12.4. The molecule has 0 aromatic heterocycles. The Hall–Kier alpha value is -2.59. The molecule has 0 radical (unpaired) electrons. The second-order valence-corrected chi connectivity index (χ2v) is 5.32. The lowest BCUT2D eigenvalue weighted by Gasteiger charge is -2.15. The fourth-order valence-corrected chi connectivity index (χ4v) is 2.27. The molecule has 0 amide bonds. The van der Waals surface area contributed by atoms with E-state index in [4.69, 9.17) is 11.6 Å². The molecule has 0 spiro atoms. The van der Waals surface area contributed by atoms with Crippen LogP contribution in [-0.4, -0.2) is 0 Å². The largest absolute Gasteiger partial charge is 0.376 e. The van der Waals surface area contributed by atoms with Crippen molar-refractivity contribution in [1.29, 1.82) is 0 Å². The Morgan fingerprint density at radius 3 is 2.14 bits per heavy atom. The summed E-state index contributed by atoms with van der Waals surface area (Å²) in [5, 5.41) is 6.59. The monoisotopic (exact) mass is 312 g/mol. The number of benzene rings is 2. The smallest absolute Gasteiger partial charge is 0.253 e. The quantitative estimate of drug-likeness (QED) is 0.710. The second-order valence-electron chi connectivity index (χ2n) is 4.88. The van der Waals surface area contributed by atoms with E-state index in [1.54, 1.807) is 24.3 Å². The van der Waals surface area contributed by atoms with Gasteiger partial charge in [-0.3, -0.25) is 9.59 Å². The molecular weight excluding hydrogens is 300 g/mol. The first-order chi connectivity index (χ1) is 10.6. The van der Waals surface area contributed by atoms with Gasteiger partial charge in [0, 0.05) is 17.3 Å². The highest BCUT2D eigenvalue weighted by molar-refractivity contribution is 6.30. The van der Waals surface area contributed by atoms with Crippen LogP contribution in [0.15, 0.2) is 64.2 Å². The molecule has 0 aliphatic heterocycles. The average Bonchev–Trinajstić information content (AvgIpc) is 2.56. The first kappa shape index (κ1) is 14.4. The summed E-state index contributed by atoms with van der Waals surface area (Å²) in [5.41, 5.74) is 1.36. The van der Waals surface area contributed by atoms with Crippen LogP contribution < -0.4 is 21.5 Å². The van der Waals surface area contributed by atoms with E-state index >= 15 is 0 Å². The predicted molar refractivity (Wildman–Crippen MR) is 89.9 cm³/mol. The standard InChI is InChI=1S/C17H13ClN2O2/c18-12-6-8-13(9-7-12)20-15-14(16(21)17(15)22)19-10-11-4-2-1-3-5-11/h1-9,19-20H,10H2. The molecule has 0 aliphatic rings. The number of nitrogens with one attached hydrogen (secondary N) is 2. The minimum Gasteiger partial charge on any atom is -0.376 e. The predicted octanol–water partition coefficient (Wildman–Crippen LogP) is 3.29. The lowest BCUT2D eigenvalue weighted by atomic mass is 10.1. The van der Waals surface area contributed by atoms with Crippen LogP contribution in [0.5, 0.6) is 0 Å². The molecular formula is C17H13ClN2O2. The first-order valence-corrected chi connectivity index (χ1v) is 7.16. The van der Waals surface area contributed by atoms with Crippen molar-refractivity contribution in [2.24, 2.45) is 0 Å². The van der Waals surface area contributed by atoms with E-state index in [1.807, 2.05) is 30.3 Å². The van der Waals surface area contributed by atoms with Crippen molar-refractivity contribution in [2.75, 3.05) is 10.6 Å². The highest BCUT2D eigenvalue weighted by Gasteiger charge is 2.20. The number of halogens is 1. The zero-order chi connectivity index (χ0) is 15.5. The summed E-state index contributed by atoms with van der Waals surface area (Å²) < 4.78 is 0. The third-order valence-electron chi connectivity index (χ3n) is 3.34. The maximum atomic E-state index is 11.7. The Kier molecular flexibility index (Phi) is 3.94. The van der Waals surface area contributed by atoms with Gasteiger partial charge in [-0.1, -0.05) is 41.9 Å². The molecule has 0 aliphatic carbocycles. The molecule has 2 N–H and O–H groups in total. The number of rotatable bonds is 5. The van der Waals surface area contributed by atoms with E-state index < -0.39 is 10.9 Å². The van der Waals surface area contributed by atoms with Gasteiger partial charge in [-0.25, -0.2) is 0 Å². The maximum Gasteiger partial charge on any atom is 0.253 e. The Labute approximate surface area is 132 Å². The lowest BCUT2D eigenvalue weighted by molar-refractivity contribution is 1.13. The Morgan fingerprint density at radius 1 is 0.818 bits per heavy atom. The van der Waals surface area contributed by atoms with E-state index in [0.717, 1.165) is 5.56 Å². The van der Waals surface area contributed by atoms with Gasteiger partial charge < -0.3 is 10.6 Å². The summed E-state index contributed by atoms with van der Waals surface area (Å²) in [6.07, 6.45) is 0. The molecule has 4 nitrogen and oxygen atoms in total. The summed E-state index contributed by atoms with van der Waals surface area (Å²) in [7, 11) is 0. The van der Waals surface area contributed by atoms with E-state index in [9.17, 15) is 9.59 Å². The van der Waals surface area contributed by atoms with Gasteiger partial charge in [0.2, 0.25) is 0 Å². The third-order valence-corrected chi connectivity index (χ3v) is 3.59. The SMILES string of the molecule is O=c1c(NCc2ccccc2)c(Nc2ccc(Cl)cc2)c1=O. The van der Waals surface area contributed by atoms with E-state index in [1.165, 1.54) is 0 Å². The molecule has 110 valence electrons. The second kappa shape index (κ2) is 6.03. The van der Waals surface area contributed by atoms with Crippen LogP contribution in [0.1, 0.15) is 5.56 Å². The van der Waals surface area contributed by atoms with Gasteiger partial charge in [0.15, 0.2) is 0 Å². The summed E-state index contributed by atoms with van der Waals surface area (Å²) in [4.78, 5) is 23.4. The fraction of sp³-hybridized carbons (Fsp3) is 0.0588. The maximum absolute atomic E-state index is 11.7. The van der Waals surface area contributed by atoms with E-state index in [-0.39, 0.29) is 0 Å². The normalized spacial score (nSPS) is 10.6. The van der Waals surface area contributed by atoms with Crippen LogP contribution >= 0.6 is 11.6 Å². The van der Waals surface area contributed by atoms with Crippen LogP contribution in [-0.2, 0) is 6.54 Å². The third kappa shape index (κ3) is 2.87. The summed E-state index contributed by atoms with van der Waals surface area (Å²) in [6.45, 7) is 0.487. The Balaban J connectivity index is 1.76. The van der Waals surface area contributed by atoms with Crippen molar-refractivity contribution in [2.45, 2.75) is 6.54 Å². The van der Waals surface area contributed by atoms with Gasteiger partial charge in [0.25, 0.3) is 10.9 Å². The molecule has 0 bridgehead atoms. The van der Waals surface area contributed by atoms with Crippen molar-refractivity contribution in [1.82, 2.24) is 0 Å². The van der Waals surface area contributed by atoms with Crippen molar-refractivity contribution in [3.8, 4) is 0 Å². The molecule has 0 saturated heterocycles. The number of hydrogen-bond acceptors (Lipinski definition) is 4. The van der Waals surface area contributed by atoms with E-state index in [2.05, 4.69) is 10.6 Å². The highest BCUT2D eigenvalue weighted by Crippen LogP contribution is 2.22. The lowest BCUT2D eigenvalue weighted by Crippen LogP contribution is -2.36. The highest BCUT2D eigenvalue weighted by atomic mass is 35.5. The summed E-state index contributed by atoms with van der Waals surface area (Å²) in [6, 6.07) is 16.6. The Bertz CT molecular complexity index is 851. The molecule has 3 rings (SSSR count). The van der Waals surface area contributed by atoms with Crippen LogP contribution in [0, 0.1) is 0 Å². The van der Waals surface area contributed by atoms with Crippen molar-refractivity contribution in [3.63, 3.8) is 0 Å². The van der Waals surface area contributed by atoms with E-state index in [0.29, 0.717) is 28.6 Å². The number of anilines is 3. The summed E-state index contributed by atoms with van der Waals surface area (Å²) >= 11 is 5.82. The first-order valence-electron chi connectivity index (χ1n) is 6.79. The molecule has 3 aromatic carbocycles. The van der Waals surface area contributed by atoms with Crippen LogP contribution in [0.4, 0.5) is 17.1 Å². The van der Waals surface area contributed by atoms with Gasteiger partial charge in [-0.15, -0.1) is 0 Å². The molecule has 0 unspecified atom stereocenters. The molecule has 0 saturated carbocycles. The Morgan fingerprint density at radius 2 is 1.45 bits per heavy atom. The van der Waals surface area contributed by atoms with Gasteiger partial charge in [0.1, 0.15) is 11.4 Å². The molecule has 0 fully saturated rings. The molecule has 0 heterocycles. The van der Waals surface area contributed by atoms with Gasteiger partial charge in [-0.2, -0.15) is 0 Å². The van der Waals surface area contributed by atoms with Crippen molar-refractivity contribution >= 4 is 28.7 Å². The average molecular weight is 313 g/mol. The topological polar surface area (TPSA) is 58.2 Å². The van der Waals surface area contributed by atoms with Crippen molar-refractivity contribution < 1.29 is 0 Å². The van der Waals surface area contributed by atoms with Crippen LogP contribution in [0.3, 0.4) is 0 Å². The van der Waals surface area contributed by atoms with Crippen molar-refractivity contribution in [3.05, 3.63) is 85.6 Å². The van der Waals surface area contributed by atoms with Crippen LogP contribution in [0.25, 0.3) is 0 Å². The van der Waals surface area contributed by atoms with Gasteiger partial charge >= 0.3 is 0 Å². The molecule has 22 heavy (non-hydrogen) atoms. The molecule has 0 atom stereocenters. The molecule has 3 aromatic rings. The minimum absolute atomic E-state index is 0.295. The van der Waals surface area contributed by atoms with Crippen LogP contribution in [0.2, 0.25) is 5.02 Å². The van der Waals surface area contributed by atoms with Gasteiger partial charge in [-0.05, 0) is 29.8 Å². The minimum atomic E-state index is -0.509. The zero-order valence-electron chi connectivity index (χ0n) is 11.6. The summed E-state index contributed by atoms with van der Waals surface area (Å²) in [5.74, 6) is 0. The van der Waals surface area contributed by atoms with Gasteiger partial charge in [0.05, 0.1) is 0 Å². The fourth-order valence-electron chi connectivity index (χ4n) is 2.14. The number of hydrogen-bond donors (Lipinski definition) is 2. The molecule has 5 heteroatoms.